The van der Waals surface area contributed by atoms with Gasteiger partial charge in [0.25, 0.3) is 0 Å². The summed E-state index contributed by atoms with van der Waals surface area (Å²) in [6.45, 7) is 3.99. The van der Waals surface area contributed by atoms with Crippen LogP contribution in [0.1, 0.15) is 78.1 Å². The summed E-state index contributed by atoms with van der Waals surface area (Å²) >= 11 is 0. The zero-order chi connectivity index (χ0) is 15.9. The number of carboxylic acids is 1. The van der Waals surface area contributed by atoms with Gasteiger partial charge in [0.05, 0.1) is 6.67 Å². The molecule has 5 nitrogen and oxygen atoms in total. The Bertz CT molecular complexity index is 283. The van der Waals surface area contributed by atoms with E-state index in [0.29, 0.717) is 6.42 Å². The number of amides is 1. The highest BCUT2D eigenvalue weighted by atomic mass is 16.4. The Labute approximate surface area is 128 Å². The Hall–Kier alpha value is -1.10. The highest BCUT2D eigenvalue weighted by molar-refractivity contribution is 5.76. The third kappa shape index (κ3) is 13.6. The van der Waals surface area contributed by atoms with Gasteiger partial charge in [0, 0.05) is 6.42 Å². The summed E-state index contributed by atoms with van der Waals surface area (Å²) in [5, 5.41) is 14.1. The van der Waals surface area contributed by atoms with Gasteiger partial charge in [-0.15, -0.1) is 0 Å². The number of unbranched alkanes of at least 4 members (excludes halogenated alkanes) is 8. The fourth-order valence-corrected chi connectivity index (χ4v) is 2.07. The van der Waals surface area contributed by atoms with Crippen LogP contribution < -0.4 is 10.6 Å². The van der Waals surface area contributed by atoms with Gasteiger partial charge in [0.1, 0.15) is 6.04 Å². The average molecular weight is 300 g/mol. The van der Waals surface area contributed by atoms with E-state index < -0.39 is 12.0 Å². The van der Waals surface area contributed by atoms with Gasteiger partial charge in [-0.05, 0) is 13.3 Å². The van der Waals surface area contributed by atoms with E-state index in [1.807, 2.05) is 0 Å². The van der Waals surface area contributed by atoms with Gasteiger partial charge in [0.2, 0.25) is 5.91 Å². The van der Waals surface area contributed by atoms with Crippen molar-refractivity contribution in [2.45, 2.75) is 84.1 Å². The molecule has 0 aromatic heterocycles. The minimum Gasteiger partial charge on any atom is -0.480 e. The molecule has 0 saturated heterocycles. The smallest absolute Gasteiger partial charge is 0.320 e. The van der Waals surface area contributed by atoms with Crippen LogP contribution in [0.4, 0.5) is 0 Å². The van der Waals surface area contributed by atoms with Gasteiger partial charge in [0.15, 0.2) is 0 Å². The fourth-order valence-electron chi connectivity index (χ4n) is 2.07. The average Bonchev–Trinajstić information content (AvgIpc) is 2.45. The molecule has 5 heteroatoms. The van der Waals surface area contributed by atoms with Crippen molar-refractivity contribution in [2.75, 3.05) is 6.67 Å². The van der Waals surface area contributed by atoms with E-state index >= 15 is 0 Å². The van der Waals surface area contributed by atoms with Crippen LogP contribution in [0.25, 0.3) is 0 Å². The quantitative estimate of drug-likeness (QED) is 0.340. The molecule has 0 aromatic rings. The second-order valence-electron chi connectivity index (χ2n) is 5.62. The van der Waals surface area contributed by atoms with Crippen LogP contribution in [-0.2, 0) is 9.59 Å². The lowest BCUT2D eigenvalue weighted by Gasteiger charge is -2.10. The van der Waals surface area contributed by atoms with Crippen LogP contribution in [-0.4, -0.2) is 29.7 Å². The minimum absolute atomic E-state index is 0.0111. The molecule has 0 rings (SSSR count). The topological polar surface area (TPSA) is 78.4 Å². The van der Waals surface area contributed by atoms with Gasteiger partial charge < -0.3 is 10.4 Å². The summed E-state index contributed by atoms with van der Waals surface area (Å²) in [5.74, 6) is -0.925. The van der Waals surface area contributed by atoms with Crippen LogP contribution in [0, 0.1) is 0 Å². The third-order valence-electron chi connectivity index (χ3n) is 3.57. The van der Waals surface area contributed by atoms with Gasteiger partial charge >= 0.3 is 5.97 Å². The molecule has 0 aliphatic heterocycles. The Kier molecular flexibility index (Phi) is 13.1. The predicted octanol–water partition coefficient (Wildman–Crippen LogP) is 3.04. The Morgan fingerprint density at radius 2 is 1.48 bits per heavy atom. The van der Waals surface area contributed by atoms with Crippen molar-refractivity contribution in [3.05, 3.63) is 0 Å². The number of aliphatic carboxylic acids is 1. The summed E-state index contributed by atoms with van der Waals surface area (Å²) in [5.41, 5.74) is 0. The van der Waals surface area contributed by atoms with E-state index in [4.69, 9.17) is 5.11 Å². The van der Waals surface area contributed by atoms with Crippen molar-refractivity contribution < 1.29 is 14.7 Å². The molecule has 124 valence electrons. The second-order valence-corrected chi connectivity index (χ2v) is 5.62. The van der Waals surface area contributed by atoms with E-state index in [2.05, 4.69) is 17.6 Å². The Morgan fingerprint density at radius 1 is 0.952 bits per heavy atom. The molecular formula is C16H32N2O3. The molecule has 0 fully saturated rings. The van der Waals surface area contributed by atoms with Crippen LogP contribution in [0.3, 0.4) is 0 Å². The molecule has 3 N–H and O–H groups in total. The number of carbonyl (C=O) groups excluding carboxylic acids is 1. The van der Waals surface area contributed by atoms with Crippen molar-refractivity contribution in [1.82, 2.24) is 10.6 Å². The molecule has 0 bridgehead atoms. The SMILES string of the molecule is CCCCCCCCCCCC(=O)NCNC(C)C(=O)O. The van der Waals surface area contributed by atoms with Crippen molar-refractivity contribution in [1.29, 1.82) is 0 Å². The van der Waals surface area contributed by atoms with Crippen LogP contribution in [0.5, 0.6) is 0 Å². The number of carboxylic acid groups (broad SMARTS) is 1. The molecule has 21 heavy (non-hydrogen) atoms. The first kappa shape index (κ1) is 19.9. The summed E-state index contributed by atoms with van der Waals surface area (Å²) in [4.78, 5) is 22.1. The van der Waals surface area contributed by atoms with E-state index in [1.54, 1.807) is 6.92 Å². The van der Waals surface area contributed by atoms with Crippen LogP contribution in [0.15, 0.2) is 0 Å². The maximum atomic E-state index is 11.5. The van der Waals surface area contributed by atoms with Gasteiger partial charge in [-0.1, -0.05) is 58.3 Å². The summed E-state index contributed by atoms with van der Waals surface area (Å²) in [6.07, 6.45) is 11.6. The van der Waals surface area contributed by atoms with Crippen molar-refractivity contribution in [3.8, 4) is 0 Å². The maximum absolute atomic E-state index is 11.5. The lowest BCUT2D eigenvalue weighted by Crippen LogP contribution is -2.41. The van der Waals surface area contributed by atoms with E-state index in [-0.39, 0.29) is 12.6 Å². The first-order valence-electron chi connectivity index (χ1n) is 8.30. The third-order valence-corrected chi connectivity index (χ3v) is 3.57. The molecule has 1 amide bonds. The van der Waals surface area contributed by atoms with Crippen LogP contribution >= 0.6 is 0 Å². The standard InChI is InChI=1S/C16H32N2O3/c1-3-4-5-6-7-8-9-10-11-12-15(19)18-13-17-14(2)16(20)21/h14,17H,3-13H2,1-2H3,(H,18,19)(H,20,21). The van der Waals surface area contributed by atoms with Gasteiger partial charge in [-0.2, -0.15) is 0 Å². The number of hydrogen-bond donors (Lipinski definition) is 3. The fraction of sp³-hybridized carbons (Fsp3) is 0.875. The normalized spacial score (nSPS) is 12.1. The Morgan fingerprint density at radius 3 is 2.00 bits per heavy atom. The maximum Gasteiger partial charge on any atom is 0.320 e. The molecule has 0 saturated carbocycles. The van der Waals surface area contributed by atoms with Gasteiger partial charge in [-0.3, -0.25) is 14.9 Å². The number of carbonyl (C=O) groups is 2. The molecule has 0 radical (unpaired) electrons. The molecular weight excluding hydrogens is 268 g/mol. The number of hydrogen-bond acceptors (Lipinski definition) is 3. The second kappa shape index (κ2) is 13.9. The lowest BCUT2D eigenvalue weighted by atomic mass is 10.1. The first-order valence-corrected chi connectivity index (χ1v) is 8.30. The molecule has 0 spiro atoms. The highest BCUT2D eigenvalue weighted by Crippen LogP contribution is 2.10. The molecule has 1 unspecified atom stereocenters. The highest BCUT2D eigenvalue weighted by Gasteiger charge is 2.09. The molecule has 1 atom stereocenters. The zero-order valence-corrected chi connectivity index (χ0v) is 13.6. The minimum atomic E-state index is -0.914. The number of nitrogens with one attached hydrogen (secondary N) is 2. The molecule has 0 aliphatic carbocycles. The van der Waals surface area contributed by atoms with Crippen molar-refractivity contribution in [3.63, 3.8) is 0 Å². The first-order chi connectivity index (χ1) is 10.1. The molecule has 0 aromatic carbocycles. The summed E-state index contributed by atoms with van der Waals surface area (Å²) in [6, 6.07) is -0.641. The van der Waals surface area contributed by atoms with E-state index in [9.17, 15) is 9.59 Å². The van der Waals surface area contributed by atoms with Crippen molar-refractivity contribution in [2.24, 2.45) is 0 Å². The molecule has 0 aliphatic rings. The summed E-state index contributed by atoms with van der Waals surface area (Å²) < 4.78 is 0. The Balaban J connectivity index is 3.28. The van der Waals surface area contributed by atoms with Gasteiger partial charge in [-0.25, -0.2) is 0 Å². The van der Waals surface area contributed by atoms with Crippen molar-refractivity contribution >= 4 is 11.9 Å². The molecule has 0 heterocycles. The summed E-state index contributed by atoms with van der Waals surface area (Å²) in [7, 11) is 0. The number of rotatable bonds is 14. The zero-order valence-electron chi connectivity index (χ0n) is 13.6. The lowest BCUT2D eigenvalue weighted by molar-refractivity contribution is -0.139. The predicted molar refractivity (Wildman–Crippen MR) is 85.1 cm³/mol. The van der Waals surface area contributed by atoms with E-state index in [1.165, 1.54) is 44.9 Å². The largest absolute Gasteiger partial charge is 0.480 e. The van der Waals surface area contributed by atoms with Crippen LogP contribution in [0.2, 0.25) is 0 Å². The van der Waals surface area contributed by atoms with E-state index in [0.717, 1.165) is 12.8 Å². The monoisotopic (exact) mass is 300 g/mol.